The minimum absolute atomic E-state index is 0.00855. The van der Waals surface area contributed by atoms with Crippen LogP contribution in [0.2, 0.25) is 0 Å². The van der Waals surface area contributed by atoms with Gasteiger partial charge in [0.2, 0.25) is 0 Å². The zero-order chi connectivity index (χ0) is 14.5. The summed E-state index contributed by atoms with van der Waals surface area (Å²) in [7, 11) is 2.18. The molecule has 1 aromatic carbocycles. The van der Waals surface area contributed by atoms with Crippen LogP contribution < -0.4 is 10.5 Å². The van der Waals surface area contributed by atoms with Crippen LogP contribution in [0.5, 0.6) is 5.75 Å². The van der Waals surface area contributed by atoms with Gasteiger partial charge in [-0.05, 0) is 32.5 Å². The number of rotatable bonds is 5. The molecule has 1 aromatic rings. The van der Waals surface area contributed by atoms with Crippen LogP contribution in [0.4, 0.5) is 0 Å². The summed E-state index contributed by atoms with van der Waals surface area (Å²) in [5, 5.41) is 0. The fraction of sp³-hybridized carbons (Fsp3) is 0.625. The average molecular weight is 277 g/mol. The molecule has 0 radical (unpaired) electrons. The molecule has 0 bridgehead atoms. The summed E-state index contributed by atoms with van der Waals surface area (Å²) in [6.45, 7) is 10.4. The van der Waals surface area contributed by atoms with E-state index in [0.29, 0.717) is 0 Å². The highest BCUT2D eigenvalue weighted by atomic mass is 16.5. The third-order valence-electron chi connectivity index (χ3n) is 3.92. The van der Waals surface area contributed by atoms with Crippen LogP contribution in [0, 0.1) is 6.92 Å². The minimum Gasteiger partial charge on any atom is -0.492 e. The zero-order valence-corrected chi connectivity index (χ0v) is 12.9. The van der Waals surface area contributed by atoms with Crippen molar-refractivity contribution in [3.8, 4) is 5.75 Å². The molecule has 20 heavy (non-hydrogen) atoms. The van der Waals surface area contributed by atoms with Crippen LogP contribution in [-0.4, -0.2) is 56.2 Å². The van der Waals surface area contributed by atoms with E-state index in [0.717, 1.165) is 50.6 Å². The van der Waals surface area contributed by atoms with Gasteiger partial charge in [-0.15, -0.1) is 0 Å². The lowest BCUT2D eigenvalue weighted by Crippen LogP contribution is -2.45. The third kappa shape index (κ3) is 4.20. The lowest BCUT2D eigenvalue weighted by Gasteiger charge is -2.32. The molecule has 0 saturated carbocycles. The number of hydrogen-bond acceptors (Lipinski definition) is 4. The molecule has 0 amide bonds. The van der Waals surface area contributed by atoms with Gasteiger partial charge in [0.1, 0.15) is 12.4 Å². The molecule has 1 aliphatic rings. The summed E-state index contributed by atoms with van der Waals surface area (Å²) in [5.74, 6) is 0.939. The van der Waals surface area contributed by atoms with Crippen LogP contribution in [0.1, 0.15) is 24.1 Å². The number of nitrogens with zero attached hydrogens (tertiary/aromatic N) is 2. The number of aryl methyl sites for hydroxylation is 1. The molecule has 1 fully saturated rings. The van der Waals surface area contributed by atoms with E-state index in [1.165, 1.54) is 5.56 Å². The van der Waals surface area contributed by atoms with Crippen molar-refractivity contribution in [3.05, 3.63) is 29.3 Å². The van der Waals surface area contributed by atoms with E-state index >= 15 is 0 Å². The van der Waals surface area contributed by atoms with Gasteiger partial charge in [-0.3, -0.25) is 4.90 Å². The first-order valence-electron chi connectivity index (χ1n) is 7.46. The molecule has 0 unspecified atom stereocenters. The SMILES string of the molecule is Cc1ccc([C@@H](C)N)c(OCCN2CCN(C)CC2)c1. The van der Waals surface area contributed by atoms with Gasteiger partial charge in [0.05, 0.1) is 0 Å². The van der Waals surface area contributed by atoms with Crippen LogP contribution >= 0.6 is 0 Å². The largest absolute Gasteiger partial charge is 0.492 e. The van der Waals surface area contributed by atoms with Crippen molar-refractivity contribution in [2.45, 2.75) is 19.9 Å². The normalized spacial score (nSPS) is 19.0. The highest BCUT2D eigenvalue weighted by molar-refractivity contribution is 5.38. The molecule has 4 nitrogen and oxygen atoms in total. The fourth-order valence-electron chi connectivity index (χ4n) is 2.50. The minimum atomic E-state index is 0.00855. The van der Waals surface area contributed by atoms with Gasteiger partial charge in [0.15, 0.2) is 0 Å². The van der Waals surface area contributed by atoms with E-state index < -0.39 is 0 Å². The lowest BCUT2D eigenvalue weighted by molar-refractivity contribution is 0.133. The van der Waals surface area contributed by atoms with E-state index in [1.54, 1.807) is 0 Å². The number of ether oxygens (including phenoxy) is 1. The molecule has 1 atom stereocenters. The first-order valence-corrected chi connectivity index (χ1v) is 7.46. The van der Waals surface area contributed by atoms with Crippen LogP contribution in [0.3, 0.4) is 0 Å². The summed E-state index contributed by atoms with van der Waals surface area (Å²) < 4.78 is 5.97. The van der Waals surface area contributed by atoms with Crippen molar-refractivity contribution in [1.82, 2.24) is 9.80 Å². The Hall–Kier alpha value is -1.10. The lowest BCUT2D eigenvalue weighted by atomic mass is 10.1. The molecule has 1 heterocycles. The van der Waals surface area contributed by atoms with Crippen molar-refractivity contribution >= 4 is 0 Å². The second-order valence-corrected chi connectivity index (χ2v) is 5.82. The Kier molecular flexibility index (Phi) is 5.40. The number of benzene rings is 1. The van der Waals surface area contributed by atoms with Crippen molar-refractivity contribution < 1.29 is 4.74 Å². The van der Waals surface area contributed by atoms with E-state index in [2.05, 4.69) is 42.0 Å². The first-order chi connectivity index (χ1) is 9.56. The van der Waals surface area contributed by atoms with E-state index in [9.17, 15) is 0 Å². The van der Waals surface area contributed by atoms with Crippen LogP contribution in [0.25, 0.3) is 0 Å². The van der Waals surface area contributed by atoms with E-state index in [4.69, 9.17) is 10.5 Å². The summed E-state index contributed by atoms with van der Waals surface area (Å²) >= 11 is 0. The Bertz CT molecular complexity index is 426. The van der Waals surface area contributed by atoms with Crippen molar-refractivity contribution in [3.63, 3.8) is 0 Å². The van der Waals surface area contributed by atoms with Crippen molar-refractivity contribution in [1.29, 1.82) is 0 Å². The summed E-state index contributed by atoms with van der Waals surface area (Å²) in [6.07, 6.45) is 0. The average Bonchev–Trinajstić information content (AvgIpc) is 2.41. The third-order valence-corrected chi connectivity index (χ3v) is 3.92. The van der Waals surface area contributed by atoms with E-state index in [1.807, 2.05) is 6.92 Å². The Morgan fingerprint density at radius 1 is 1.25 bits per heavy atom. The zero-order valence-electron chi connectivity index (χ0n) is 12.9. The van der Waals surface area contributed by atoms with Gasteiger partial charge in [-0.2, -0.15) is 0 Å². The van der Waals surface area contributed by atoms with Gasteiger partial charge in [-0.25, -0.2) is 0 Å². The number of nitrogens with two attached hydrogens (primary N) is 1. The fourth-order valence-corrected chi connectivity index (χ4v) is 2.50. The van der Waals surface area contributed by atoms with Gasteiger partial charge < -0.3 is 15.4 Å². The number of likely N-dealkylation sites (N-methyl/N-ethyl adjacent to an activating group) is 1. The molecule has 2 N–H and O–H groups in total. The molecule has 0 aliphatic carbocycles. The Morgan fingerprint density at radius 2 is 1.95 bits per heavy atom. The topological polar surface area (TPSA) is 41.7 Å². The van der Waals surface area contributed by atoms with Gasteiger partial charge >= 0.3 is 0 Å². The Labute approximate surface area is 122 Å². The predicted molar refractivity (Wildman–Crippen MR) is 83.2 cm³/mol. The molecule has 1 aliphatic heterocycles. The second-order valence-electron chi connectivity index (χ2n) is 5.82. The molecule has 2 rings (SSSR count). The predicted octanol–water partition coefficient (Wildman–Crippen LogP) is 1.64. The monoisotopic (exact) mass is 277 g/mol. The molecular formula is C16H27N3O. The molecule has 1 saturated heterocycles. The molecular weight excluding hydrogens is 250 g/mol. The summed E-state index contributed by atoms with van der Waals surface area (Å²) in [6, 6.07) is 6.26. The van der Waals surface area contributed by atoms with Crippen LogP contribution in [0.15, 0.2) is 18.2 Å². The maximum absolute atomic E-state index is 6.00. The number of piperazine rings is 1. The van der Waals surface area contributed by atoms with Crippen molar-refractivity contribution in [2.24, 2.45) is 5.73 Å². The standard InChI is InChI=1S/C16H27N3O/c1-13-4-5-15(14(2)17)16(12-13)20-11-10-19-8-6-18(3)7-9-19/h4-5,12,14H,6-11,17H2,1-3H3/t14-/m1/s1. The quantitative estimate of drug-likeness (QED) is 0.888. The van der Waals surface area contributed by atoms with Crippen molar-refractivity contribution in [2.75, 3.05) is 46.4 Å². The molecule has 0 spiro atoms. The second kappa shape index (κ2) is 7.07. The maximum atomic E-state index is 6.00. The molecule has 4 heteroatoms. The summed E-state index contributed by atoms with van der Waals surface area (Å²) in [4.78, 5) is 4.83. The summed E-state index contributed by atoms with van der Waals surface area (Å²) in [5.41, 5.74) is 8.30. The van der Waals surface area contributed by atoms with E-state index in [-0.39, 0.29) is 6.04 Å². The number of hydrogen-bond donors (Lipinski definition) is 1. The highest BCUT2D eigenvalue weighted by Gasteiger charge is 2.14. The van der Waals surface area contributed by atoms with Gasteiger partial charge in [-0.1, -0.05) is 12.1 Å². The molecule has 0 aromatic heterocycles. The highest BCUT2D eigenvalue weighted by Crippen LogP contribution is 2.25. The van der Waals surface area contributed by atoms with Gasteiger partial charge in [0, 0.05) is 44.3 Å². The smallest absolute Gasteiger partial charge is 0.124 e. The Morgan fingerprint density at radius 3 is 2.60 bits per heavy atom. The first kappa shape index (κ1) is 15.3. The van der Waals surface area contributed by atoms with Crippen LogP contribution in [-0.2, 0) is 0 Å². The Balaban J connectivity index is 1.86. The maximum Gasteiger partial charge on any atom is 0.124 e. The molecule has 112 valence electrons. The van der Waals surface area contributed by atoms with Gasteiger partial charge in [0.25, 0.3) is 0 Å².